The van der Waals surface area contributed by atoms with Gasteiger partial charge >= 0.3 is 5.97 Å². The fourth-order valence-electron chi connectivity index (χ4n) is 3.95. The SMILES string of the molecule is COC(=O)[C@H](Cc1ccc(-c2ccc(C#N)cc2Cl)c2ncc(F)cc12)NC(=O)c1c(Cl)cccc1Cl. The minimum atomic E-state index is -1.14. The number of methoxy groups -OCH3 is 1. The van der Waals surface area contributed by atoms with Gasteiger partial charge in [-0.1, -0.05) is 59.1 Å². The lowest BCUT2D eigenvalue weighted by molar-refractivity contribution is -0.142. The van der Waals surface area contributed by atoms with Crippen molar-refractivity contribution in [3.63, 3.8) is 0 Å². The number of aromatic nitrogens is 1. The predicted molar refractivity (Wildman–Crippen MR) is 140 cm³/mol. The Hall–Kier alpha value is -3.70. The maximum Gasteiger partial charge on any atom is 0.328 e. The van der Waals surface area contributed by atoms with Gasteiger partial charge in [0.1, 0.15) is 11.9 Å². The fourth-order valence-corrected chi connectivity index (χ4v) is 4.80. The highest BCUT2D eigenvalue weighted by atomic mass is 35.5. The van der Waals surface area contributed by atoms with Crippen molar-refractivity contribution in [2.75, 3.05) is 7.11 Å². The molecule has 1 amide bonds. The van der Waals surface area contributed by atoms with E-state index in [0.717, 1.165) is 6.20 Å². The highest BCUT2D eigenvalue weighted by Gasteiger charge is 2.26. The number of carbonyl (C=O) groups is 2. The summed E-state index contributed by atoms with van der Waals surface area (Å²) in [7, 11) is 1.19. The van der Waals surface area contributed by atoms with Crippen LogP contribution in [-0.2, 0) is 16.0 Å². The van der Waals surface area contributed by atoms with Gasteiger partial charge in [0, 0.05) is 28.0 Å². The van der Waals surface area contributed by atoms with Crippen LogP contribution in [0.1, 0.15) is 21.5 Å². The summed E-state index contributed by atoms with van der Waals surface area (Å²) in [4.78, 5) is 29.8. The van der Waals surface area contributed by atoms with E-state index >= 15 is 0 Å². The van der Waals surface area contributed by atoms with Gasteiger partial charge in [0.2, 0.25) is 0 Å². The number of ether oxygens (including phenoxy) is 1. The molecule has 37 heavy (non-hydrogen) atoms. The monoisotopic (exact) mass is 555 g/mol. The molecule has 4 aromatic rings. The summed E-state index contributed by atoms with van der Waals surface area (Å²) < 4.78 is 19.2. The van der Waals surface area contributed by atoms with Gasteiger partial charge in [0.25, 0.3) is 5.91 Å². The van der Waals surface area contributed by atoms with Crippen LogP contribution in [0.5, 0.6) is 0 Å². The van der Waals surface area contributed by atoms with Crippen LogP contribution in [-0.4, -0.2) is 30.0 Å². The molecule has 186 valence electrons. The number of halogens is 4. The summed E-state index contributed by atoms with van der Waals surface area (Å²) in [6, 6.07) is 15.0. The van der Waals surface area contributed by atoms with E-state index in [-0.39, 0.29) is 22.0 Å². The van der Waals surface area contributed by atoms with Gasteiger partial charge in [-0.15, -0.1) is 0 Å². The third kappa shape index (κ3) is 5.52. The lowest BCUT2D eigenvalue weighted by atomic mass is 9.94. The van der Waals surface area contributed by atoms with Gasteiger partial charge in [-0.25, -0.2) is 9.18 Å². The predicted octanol–water partition coefficient (Wildman–Crippen LogP) is 6.39. The van der Waals surface area contributed by atoms with Gasteiger partial charge in [-0.2, -0.15) is 5.26 Å². The van der Waals surface area contributed by atoms with E-state index in [1.54, 1.807) is 30.3 Å². The molecule has 0 aliphatic heterocycles. The minimum Gasteiger partial charge on any atom is -0.467 e. The lowest BCUT2D eigenvalue weighted by Crippen LogP contribution is -2.43. The summed E-state index contributed by atoms with van der Waals surface area (Å²) in [6.45, 7) is 0. The number of carbonyl (C=O) groups excluding carboxylic acids is 2. The smallest absolute Gasteiger partial charge is 0.328 e. The highest BCUT2D eigenvalue weighted by molar-refractivity contribution is 6.39. The van der Waals surface area contributed by atoms with Crippen LogP contribution in [0.2, 0.25) is 15.1 Å². The molecule has 0 bridgehead atoms. The van der Waals surface area contributed by atoms with E-state index in [4.69, 9.17) is 44.8 Å². The first-order chi connectivity index (χ1) is 17.7. The molecular weight excluding hydrogens is 540 g/mol. The molecule has 1 heterocycles. The molecule has 6 nitrogen and oxygen atoms in total. The summed E-state index contributed by atoms with van der Waals surface area (Å²) in [5, 5.41) is 12.7. The number of benzene rings is 3. The van der Waals surface area contributed by atoms with Gasteiger partial charge in [-0.3, -0.25) is 9.78 Å². The third-order valence-electron chi connectivity index (χ3n) is 5.70. The number of hydrogen-bond donors (Lipinski definition) is 1. The molecule has 1 N–H and O–H groups in total. The Balaban J connectivity index is 1.76. The normalized spacial score (nSPS) is 11.6. The van der Waals surface area contributed by atoms with E-state index in [2.05, 4.69) is 10.3 Å². The summed E-state index contributed by atoms with van der Waals surface area (Å²) in [5.41, 5.74) is 2.57. The molecule has 10 heteroatoms. The molecule has 0 radical (unpaired) electrons. The second-order valence-corrected chi connectivity index (χ2v) is 9.20. The van der Waals surface area contributed by atoms with Crippen LogP contribution in [0, 0.1) is 17.1 Å². The zero-order valence-corrected chi connectivity index (χ0v) is 21.5. The van der Waals surface area contributed by atoms with Gasteiger partial charge in [0.05, 0.1) is 46.1 Å². The Morgan fingerprint density at radius 3 is 2.41 bits per heavy atom. The fraction of sp³-hybridized carbons (Fsp3) is 0.111. The maximum absolute atomic E-state index is 14.3. The molecule has 4 rings (SSSR count). The molecule has 1 aromatic heterocycles. The molecule has 3 aromatic carbocycles. The van der Waals surface area contributed by atoms with Crippen molar-refractivity contribution < 1.29 is 18.7 Å². The van der Waals surface area contributed by atoms with Crippen molar-refractivity contribution in [3.8, 4) is 17.2 Å². The van der Waals surface area contributed by atoms with Crippen molar-refractivity contribution >= 4 is 57.6 Å². The van der Waals surface area contributed by atoms with Crippen molar-refractivity contribution in [3.05, 3.63) is 98.4 Å². The quantitative estimate of drug-likeness (QED) is 0.278. The zero-order valence-electron chi connectivity index (χ0n) is 19.2. The standard InChI is InChI=1S/C27H17Cl3FN3O3/c1-37-27(36)23(34-26(35)24-20(28)3-2-4-21(24)29)10-15-6-8-18(25-19(15)11-16(31)13-33-25)17-7-5-14(12-32)9-22(17)30/h2-9,11,13,23H,10H2,1H3,(H,34,35)/t23-/m0/s1. The lowest BCUT2D eigenvalue weighted by Gasteiger charge is -2.19. The second kappa shape index (κ2) is 11.1. The number of rotatable bonds is 6. The van der Waals surface area contributed by atoms with E-state index < -0.39 is 23.7 Å². The van der Waals surface area contributed by atoms with Crippen molar-refractivity contribution in [2.45, 2.75) is 12.5 Å². The topological polar surface area (TPSA) is 92.1 Å². The van der Waals surface area contributed by atoms with Gasteiger partial charge < -0.3 is 10.1 Å². The Morgan fingerprint density at radius 1 is 1.05 bits per heavy atom. The maximum atomic E-state index is 14.3. The van der Waals surface area contributed by atoms with Crippen LogP contribution < -0.4 is 5.32 Å². The average Bonchev–Trinajstić information content (AvgIpc) is 2.88. The summed E-state index contributed by atoms with van der Waals surface area (Å²) >= 11 is 18.7. The van der Waals surface area contributed by atoms with E-state index in [0.29, 0.717) is 38.2 Å². The molecule has 0 aliphatic rings. The number of hydrogen-bond acceptors (Lipinski definition) is 5. The number of amides is 1. The number of pyridine rings is 1. The zero-order chi connectivity index (χ0) is 26.7. The highest BCUT2D eigenvalue weighted by Crippen LogP contribution is 2.35. The number of esters is 1. The second-order valence-electron chi connectivity index (χ2n) is 7.98. The van der Waals surface area contributed by atoms with Crippen LogP contribution in [0.4, 0.5) is 4.39 Å². The molecule has 0 spiro atoms. The summed E-state index contributed by atoms with van der Waals surface area (Å²) in [5.74, 6) is -1.97. The molecule has 0 saturated heterocycles. The summed E-state index contributed by atoms with van der Waals surface area (Å²) in [6.07, 6.45) is 1.04. The largest absolute Gasteiger partial charge is 0.467 e. The molecule has 1 atom stereocenters. The molecule has 0 unspecified atom stereocenters. The minimum absolute atomic E-state index is 0.0168. The molecule has 0 saturated carbocycles. The van der Waals surface area contributed by atoms with Crippen molar-refractivity contribution in [1.82, 2.24) is 10.3 Å². The Bertz CT molecular complexity index is 1570. The molecule has 0 aliphatic carbocycles. The average molecular weight is 557 g/mol. The third-order valence-corrected chi connectivity index (χ3v) is 6.64. The van der Waals surface area contributed by atoms with E-state index in [1.165, 1.54) is 31.4 Å². The number of nitrogens with one attached hydrogen (secondary N) is 1. The Kier molecular flexibility index (Phi) is 7.94. The Morgan fingerprint density at radius 2 is 1.76 bits per heavy atom. The number of fused-ring (bicyclic) bond motifs is 1. The van der Waals surface area contributed by atoms with Crippen LogP contribution in [0.25, 0.3) is 22.0 Å². The number of nitrogens with zero attached hydrogens (tertiary/aromatic N) is 2. The van der Waals surface area contributed by atoms with E-state index in [9.17, 15) is 14.0 Å². The first kappa shape index (κ1) is 26.4. The van der Waals surface area contributed by atoms with Crippen molar-refractivity contribution in [1.29, 1.82) is 5.26 Å². The molecule has 0 fully saturated rings. The van der Waals surface area contributed by atoms with Crippen LogP contribution >= 0.6 is 34.8 Å². The Labute approximate surface area is 226 Å². The van der Waals surface area contributed by atoms with Gasteiger partial charge in [-0.05, 0) is 35.9 Å². The van der Waals surface area contributed by atoms with Crippen molar-refractivity contribution in [2.24, 2.45) is 0 Å². The van der Waals surface area contributed by atoms with Crippen LogP contribution in [0.15, 0.2) is 60.8 Å². The van der Waals surface area contributed by atoms with E-state index in [1.807, 2.05) is 6.07 Å². The van der Waals surface area contributed by atoms with Gasteiger partial charge in [0.15, 0.2) is 0 Å². The van der Waals surface area contributed by atoms with Crippen LogP contribution in [0.3, 0.4) is 0 Å². The first-order valence-electron chi connectivity index (χ1n) is 10.8. The number of nitriles is 1. The molecular formula is C27H17Cl3FN3O3. The first-order valence-corrected chi connectivity index (χ1v) is 12.0.